The zero-order valence-corrected chi connectivity index (χ0v) is 27.7. The Morgan fingerprint density at radius 1 is 1.00 bits per heavy atom. The molecule has 0 aromatic heterocycles. The summed E-state index contributed by atoms with van der Waals surface area (Å²) in [5, 5.41) is 0. The smallest absolute Gasteiger partial charge is 0.231 e. The molecule has 3 aliphatic heterocycles. The number of hydrogen-bond acceptors (Lipinski definition) is 4. The van der Waals surface area contributed by atoms with Gasteiger partial charge in [0.2, 0.25) is 6.79 Å². The molecule has 2 aromatic carbocycles. The second-order valence-electron chi connectivity index (χ2n) is 11.6. The van der Waals surface area contributed by atoms with E-state index in [0.717, 1.165) is 68.2 Å². The molecule has 42 heavy (non-hydrogen) atoms. The molecule has 224 valence electrons. The zero-order valence-electron chi connectivity index (χ0n) is 24.8. The maximum absolute atomic E-state index is 6.58. The van der Waals surface area contributed by atoms with Crippen molar-refractivity contribution in [2.75, 3.05) is 32.9 Å². The number of halogens is 2. The van der Waals surface area contributed by atoms with Crippen molar-refractivity contribution in [3.8, 4) is 11.5 Å². The van der Waals surface area contributed by atoms with Gasteiger partial charge in [0.05, 0.1) is 13.7 Å². The summed E-state index contributed by atoms with van der Waals surface area (Å²) in [7, 11) is 1.75. The lowest BCUT2D eigenvalue weighted by atomic mass is 9.79. The van der Waals surface area contributed by atoms with E-state index in [-0.39, 0.29) is 36.9 Å². The van der Waals surface area contributed by atoms with Crippen molar-refractivity contribution in [1.29, 1.82) is 0 Å². The monoisotopic (exact) mass is 701 g/mol. The standard InChI is InChI=1S/C35H40ClNO4.HI/c1-23(2)25-10-8-24(9-11-25)18-29-27-12-13-31(38-3)35(39-17-7-5-4-6-15-36)30(27)21-37-16-14-26-19-32-33(41-22-40-32)20-28(26)34(29)37;/h8-13,19-21,23,35H,4-7,14-18,22H2,1-3H3;1H. The minimum Gasteiger partial charge on any atom is -1.00 e. The molecule has 6 rings (SSSR count). The largest absolute Gasteiger partial charge is 1.00 e. The Balaban J connectivity index is 0.00000353. The van der Waals surface area contributed by atoms with E-state index in [2.05, 4.69) is 68.6 Å². The SMILES string of the molecule is COC1=CC=C2C(=C[NH+]3CCc4cc5c(cc4C3=C2Cc2ccc(C(C)C)cc2)OCO5)C1OCCCCCCCl.[I-]. The van der Waals surface area contributed by atoms with Crippen molar-refractivity contribution in [2.45, 2.75) is 64.4 Å². The molecule has 3 heterocycles. The highest BCUT2D eigenvalue weighted by atomic mass is 127. The zero-order chi connectivity index (χ0) is 28.3. The summed E-state index contributed by atoms with van der Waals surface area (Å²) in [4.78, 5) is 1.37. The van der Waals surface area contributed by atoms with Crippen molar-refractivity contribution in [2.24, 2.45) is 0 Å². The Kier molecular flexibility index (Phi) is 10.4. The maximum Gasteiger partial charge on any atom is 0.231 e. The Labute approximate surface area is 272 Å². The van der Waals surface area contributed by atoms with Crippen LogP contribution in [0.25, 0.3) is 5.70 Å². The number of alkyl halides is 1. The van der Waals surface area contributed by atoms with Crippen LogP contribution in [-0.2, 0) is 22.3 Å². The van der Waals surface area contributed by atoms with Gasteiger partial charge in [-0.3, -0.25) is 4.90 Å². The summed E-state index contributed by atoms with van der Waals surface area (Å²) < 4.78 is 24.0. The topological polar surface area (TPSA) is 41.4 Å². The van der Waals surface area contributed by atoms with Crippen LogP contribution in [-0.4, -0.2) is 39.0 Å². The molecule has 1 aliphatic carbocycles. The van der Waals surface area contributed by atoms with Gasteiger partial charge in [-0.05, 0) is 59.2 Å². The van der Waals surface area contributed by atoms with E-state index in [1.807, 2.05) is 0 Å². The first kappa shape index (κ1) is 31.2. The first-order chi connectivity index (χ1) is 20.1. The fourth-order valence-electron chi connectivity index (χ4n) is 6.39. The Hall–Kier alpha value is -2.26. The van der Waals surface area contributed by atoms with Crippen LogP contribution in [0.1, 0.15) is 67.7 Å². The number of benzene rings is 2. The predicted molar refractivity (Wildman–Crippen MR) is 163 cm³/mol. The van der Waals surface area contributed by atoms with Crippen molar-refractivity contribution in [1.82, 2.24) is 0 Å². The summed E-state index contributed by atoms with van der Waals surface area (Å²) in [6.45, 7) is 6.45. The number of allylic oxidation sites excluding steroid dienone is 3. The molecule has 7 heteroatoms. The van der Waals surface area contributed by atoms with Gasteiger partial charge >= 0.3 is 0 Å². The molecule has 2 unspecified atom stereocenters. The number of hydrogen-bond donors (Lipinski definition) is 1. The van der Waals surface area contributed by atoms with Crippen molar-refractivity contribution in [3.63, 3.8) is 0 Å². The lowest BCUT2D eigenvalue weighted by molar-refractivity contribution is -0.771. The van der Waals surface area contributed by atoms with Crippen molar-refractivity contribution in [3.05, 3.63) is 99.5 Å². The first-order valence-corrected chi connectivity index (χ1v) is 15.6. The van der Waals surface area contributed by atoms with Crippen LogP contribution in [0.2, 0.25) is 0 Å². The van der Waals surface area contributed by atoms with Crippen LogP contribution in [0.3, 0.4) is 0 Å². The normalized spacial score (nSPS) is 20.2. The summed E-state index contributed by atoms with van der Waals surface area (Å²) in [5.41, 5.74) is 10.4. The molecule has 1 N–H and O–H groups in total. The number of methoxy groups -OCH3 is 1. The van der Waals surface area contributed by atoms with E-state index in [9.17, 15) is 0 Å². The molecule has 0 saturated carbocycles. The molecule has 0 amide bonds. The lowest BCUT2D eigenvalue weighted by Crippen LogP contribution is -3.06. The number of quaternary nitrogens is 1. The maximum atomic E-state index is 6.58. The molecule has 4 aliphatic rings. The van der Waals surface area contributed by atoms with E-state index < -0.39 is 0 Å². The van der Waals surface area contributed by atoms with Gasteiger partial charge in [0.15, 0.2) is 11.5 Å². The van der Waals surface area contributed by atoms with Gasteiger partial charge in [-0.2, -0.15) is 0 Å². The Bertz CT molecular complexity index is 1410. The van der Waals surface area contributed by atoms with Gasteiger partial charge in [0.25, 0.3) is 0 Å². The number of fused-ring (bicyclic) bond motifs is 5. The average Bonchev–Trinajstić information content (AvgIpc) is 3.45. The van der Waals surface area contributed by atoms with Gasteiger partial charge in [-0.1, -0.05) is 57.0 Å². The molecule has 0 spiro atoms. The number of unbranched alkanes of at least 4 members (excludes halogenated alkanes) is 3. The highest BCUT2D eigenvalue weighted by molar-refractivity contribution is 6.17. The number of rotatable bonds is 11. The average molecular weight is 702 g/mol. The molecule has 2 aromatic rings. The van der Waals surface area contributed by atoms with E-state index in [4.69, 9.17) is 30.5 Å². The van der Waals surface area contributed by atoms with Gasteiger partial charge < -0.3 is 42.9 Å². The van der Waals surface area contributed by atoms with Crippen LogP contribution in [0.4, 0.5) is 0 Å². The Morgan fingerprint density at radius 2 is 1.76 bits per heavy atom. The van der Waals surface area contributed by atoms with Crippen LogP contribution in [0, 0.1) is 0 Å². The van der Waals surface area contributed by atoms with Gasteiger partial charge in [0.1, 0.15) is 23.8 Å². The summed E-state index contributed by atoms with van der Waals surface area (Å²) >= 11 is 5.87. The molecule has 0 saturated heterocycles. The molecular formula is C35H41ClINO4. The third-order valence-electron chi connectivity index (χ3n) is 8.65. The van der Waals surface area contributed by atoms with E-state index in [0.29, 0.717) is 12.5 Å². The summed E-state index contributed by atoms with van der Waals surface area (Å²) in [6, 6.07) is 13.5. The van der Waals surface area contributed by atoms with Crippen LogP contribution < -0.4 is 38.4 Å². The molecule has 5 nitrogen and oxygen atoms in total. The fraction of sp³-hybridized carbons (Fsp3) is 0.429. The number of nitrogens with one attached hydrogen (secondary N) is 1. The van der Waals surface area contributed by atoms with E-state index >= 15 is 0 Å². The Morgan fingerprint density at radius 3 is 2.50 bits per heavy atom. The minimum absolute atomic E-state index is 0. The third kappa shape index (κ3) is 6.33. The van der Waals surface area contributed by atoms with E-state index in [1.165, 1.54) is 49.6 Å². The van der Waals surface area contributed by atoms with Crippen LogP contribution in [0.5, 0.6) is 11.5 Å². The van der Waals surface area contributed by atoms with Crippen LogP contribution in [0.15, 0.2) is 77.2 Å². The summed E-state index contributed by atoms with van der Waals surface area (Å²) in [5.74, 6) is 3.79. The van der Waals surface area contributed by atoms with Gasteiger partial charge in [-0.25, -0.2) is 0 Å². The highest BCUT2D eigenvalue weighted by Gasteiger charge is 2.40. The fourth-order valence-corrected chi connectivity index (χ4v) is 6.58. The van der Waals surface area contributed by atoms with Crippen LogP contribution >= 0.6 is 11.6 Å². The number of ether oxygens (including phenoxy) is 4. The lowest BCUT2D eigenvalue weighted by Gasteiger charge is -2.36. The molecule has 2 atom stereocenters. The predicted octanol–water partition coefficient (Wildman–Crippen LogP) is 3.49. The van der Waals surface area contributed by atoms with Crippen molar-refractivity contribution < 1.29 is 47.8 Å². The molecule has 0 bridgehead atoms. The molecular weight excluding hydrogens is 661 g/mol. The molecule has 0 radical (unpaired) electrons. The quantitative estimate of drug-likeness (QED) is 0.222. The minimum atomic E-state index is -0.210. The van der Waals surface area contributed by atoms with Gasteiger partial charge in [-0.15, -0.1) is 11.6 Å². The highest BCUT2D eigenvalue weighted by Crippen LogP contribution is 2.42. The second-order valence-corrected chi connectivity index (χ2v) is 12.0. The van der Waals surface area contributed by atoms with Gasteiger partial charge in [0, 0.05) is 42.0 Å². The second kappa shape index (κ2) is 14.0. The van der Waals surface area contributed by atoms with E-state index in [1.54, 1.807) is 7.11 Å². The first-order valence-electron chi connectivity index (χ1n) is 15.0. The molecule has 0 fully saturated rings. The third-order valence-corrected chi connectivity index (χ3v) is 8.92. The summed E-state index contributed by atoms with van der Waals surface area (Å²) in [6.07, 6.45) is 12.7. The van der Waals surface area contributed by atoms with Crippen molar-refractivity contribution >= 4 is 17.3 Å².